The van der Waals surface area contributed by atoms with Crippen LogP contribution in [-0.4, -0.2) is 59.0 Å². The van der Waals surface area contributed by atoms with Gasteiger partial charge in [-0.05, 0) is 12.8 Å². The van der Waals surface area contributed by atoms with E-state index in [1.165, 1.54) is 0 Å². The quantitative estimate of drug-likeness (QED) is 0.791. The van der Waals surface area contributed by atoms with Gasteiger partial charge >= 0.3 is 0 Å². The summed E-state index contributed by atoms with van der Waals surface area (Å²) in [4.78, 5) is 0. The molecule has 1 aliphatic heterocycles. The summed E-state index contributed by atoms with van der Waals surface area (Å²) in [6.45, 7) is 2.51. The molecule has 0 aromatic heterocycles. The molecule has 1 saturated carbocycles. The summed E-state index contributed by atoms with van der Waals surface area (Å²) in [6.07, 6.45) is 4.42. The first-order valence-corrected chi connectivity index (χ1v) is 7.06. The Kier molecular flexibility index (Phi) is 8.53. The maximum Gasteiger partial charge on any atom is 0.134 e. The molecule has 1 heterocycles. The normalized spacial score (nSPS) is 26.4. The molecule has 0 unspecified atom stereocenters. The second-order valence-corrected chi connectivity index (χ2v) is 5.20. The summed E-state index contributed by atoms with van der Waals surface area (Å²) in [5.41, 5.74) is -1.09. The van der Waals surface area contributed by atoms with Crippen LogP contribution in [0.3, 0.4) is 0 Å². The minimum Gasteiger partial charge on any atom is -0.388 e. The summed E-state index contributed by atoms with van der Waals surface area (Å²) in [6, 6.07) is 0. The molecule has 2 aliphatic rings. The van der Waals surface area contributed by atoms with E-state index in [1.54, 1.807) is 14.2 Å². The molecule has 1 aliphatic carbocycles. The highest BCUT2D eigenvalue weighted by Crippen LogP contribution is 2.31. The molecule has 0 spiro atoms. The van der Waals surface area contributed by atoms with E-state index in [0.29, 0.717) is 39.3 Å². The van der Waals surface area contributed by atoms with E-state index in [1.807, 2.05) is 0 Å². The fraction of sp³-hybridized carbons (Fsp3) is 1.00. The average molecular weight is 278 g/mol. The highest BCUT2D eigenvalue weighted by Gasteiger charge is 2.32. The van der Waals surface area contributed by atoms with Gasteiger partial charge in [-0.1, -0.05) is 19.3 Å². The summed E-state index contributed by atoms with van der Waals surface area (Å²) >= 11 is 0. The lowest BCUT2D eigenvalue weighted by Crippen LogP contribution is -2.36. The zero-order valence-corrected chi connectivity index (χ0v) is 12.2. The van der Waals surface area contributed by atoms with E-state index in [9.17, 15) is 4.39 Å². The molecule has 114 valence electrons. The molecule has 0 bridgehead atoms. The Morgan fingerprint density at radius 2 is 1.84 bits per heavy atom. The largest absolute Gasteiger partial charge is 0.388 e. The van der Waals surface area contributed by atoms with Gasteiger partial charge in [0.2, 0.25) is 0 Å². The first-order chi connectivity index (χ1) is 9.20. The Morgan fingerprint density at radius 1 is 1.16 bits per heavy atom. The van der Waals surface area contributed by atoms with Gasteiger partial charge in [0.25, 0.3) is 0 Å². The number of halogens is 1. The molecular formula is C14H27FO4. The van der Waals surface area contributed by atoms with Gasteiger partial charge in [0.1, 0.15) is 11.8 Å². The molecule has 5 heteroatoms. The zero-order chi connectivity index (χ0) is 14.0. The van der Waals surface area contributed by atoms with Gasteiger partial charge in [-0.15, -0.1) is 0 Å². The molecule has 19 heavy (non-hydrogen) atoms. The molecule has 0 aromatic rings. The van der Waals surface area contributed by atoms with Crippen LogP contribution in [0.5, 0.6) is 0 Å². The van der Waals surface area contributed by atoms with Crippen LogP contribution in [0.15, 0.2) is 0 Å². The Morgan fingerprint density at radius 3 is 2.42 bits per heavy atom. The van der Waals surface area contributed by atoms with Crippen LogP contribution in [0.1, 0.15) is 32.1 Å². The molecule has 2 fully saturated rings. The zero-order valence-electron chi connectivity index (χ0n) is 12.2. The third-order valence-electron chi connectivity index (χ3n) is 3.30. The van der Waals surface area contributed by atoms with Crippen molar-refractivity contribution >= 4 is 0 Å². The second-order valence-electron chi connectivity index (χ2n) is 5.20. The Bertz CT molecular complexity index is 213. The van der Waals surface area contributed by atoms with Crippen LogP contribution < -0.4 is 0 Å². The predicted molar refractivity (Wildman–Crippen MR) is 71.2 cm³/mol. The number of hydrogen-bond donors (Lipinski definition) is 0. The van der Waals surface area contributed by atoms with Crippen molar-refractivity contribution in [2.45, 2.75) is 43.9 Å². The molecule has 0 amide bonds. The van der Waals surface area contributed by atoms with E-state index < -0.39 is 5.67 Å². The summed E-state index contributed by atoms with van der Waals surface area (Å²) < 4.78 is 34.5. The Balaban J connectivity index is 0.000000550. The summed E-state index contributed by atoms with van der Waals surface area (Å²) in [5, 5.41) is 0. The fourth-order valence-electron chi connectivity index (χ4n) is 2.34. The van der Waals surface area contributed by atoms with Crippen LogP contribution in [0, 0.1) is 0 Å². The van der Waals surface area contributed by atoms with Gasteiger partial charge in [0, 0.05) is 14.2 Å². The lowest BCUT2D eigenvalue weighted by molar-refractivity contribution is -0.125. The SMILES string of the molecule is COC.FC1(COC[C@@H]2COCCO2)CCCCC1. The van der Waals surface area contributed by atoms with Crippen molar-refractivity contribution < 1.29 is 23.3 Å². The molecule has 4 nitrogen and oxygen atoms in total. The molecule has 1 saturated heterocycles. The van der Waals surface area contributed by atoms with Crippen LogP contribution in [-0.2, 0) is 18.9 Å². The van der Waals surface area contributed by atoms with Crippen molar-refractivity contribution in [1.82, 2.24) is 0 Å². The van der Waals surface area contributed by atoms with Gasteiger partial charge in [-0.3, -0.25) is 0 Å². The number of alkyl halides is 1. The van der Waals surface area contributed by atoms with Gasteiger partial charge in [-0.2, -0.15) is 0 Å². The summed E-state index contributed by atoms with van der Waals surface area (Å²) in [5.74, 6) is 0. The van der Waals surface area contributed by atoms with E-state index >= 15 is 0 Å². The highest BCUT2D eigenvalue weighted by atomic mass is 19.1. The Hall–Kier alpha value is -0.230. The van der Waals surface area contributed by atoms with Crippen LogP contribution in [0.4, 0.5) is 4.39 Å². The first kappa shape index (κ1) is 16.8. The van der Waals surface area contributed by atoms with Crippen LogP contribution >= 0.6 is 0 Å². The van der Waals surface area contributed by atoms with Crippen molar-refractivity contribution in [1.29, 1.82) is 0 Å². The molecule has 1 atom stereocenters. The van der Waals surface area contributed by atoms with Gasteiger partial charge < -0.3 is 18.9 Å². The van der Waals surface area contributed by atoms with Crippen molar-refractivity contribution in [2.24, 2.45) is 0 Å². The fourth-order valence-corrected chi connectivity index (χ4v) is 2.34. The smallest absolute Gasteiger partial charge is 0.134 e. The molecular weight excluding hydrogens is 251 g/mol. The molecule has 0 aromatic carbocycles. The van der Waals surface area contributed by atoms with E-state index in [0.717, 1.165) is 19.3 Å². The third-order valence-corrected chi connectivity index (χ3v) is 3.30. The van der Waals surface area contributed by atoms with Gasteiger partial charge in [0.15, 0.2) is 0 Å². The van der Waals surface area contributed by atoms with Gasteiger partial charge in [0.05, 0.1) is 33.0 Å². The van der Waals surface area contributed by atoms with Crippen molar-refractivity contribution in [3.05, 3.63) is 0 Å². The lowest BCUT2D eigenvalue weighted by atomic mass is 9.87. The monoisotopic (exact) mass is 278 g/mol. The average Bonchev–Trinajstić information content (AvgIpc) is 2.41. The van der Waals surface area contributed by atoms with E-state index in [2.05, 4.69) is 4.74 Å². The third kappa shape index (κ3) is 7.20. The number of hydrogen-bond acceptors (Lipinski definition) is 4. The molecule has 2 rings (SSSR count). The van der Waals surface area contributed by atoms with Crippen molar-refractivity contribution in [3.8, 4) is 0 Å². The van der Waals surface area contributed by atoms with Crippen LogP contribution in [0.2, 0.25) is 0 Å². The minimum atomic E-state index is -1.09. The number of ether oxygens (including phenoxy) is 4. The molecule has 0 N–H and O–H groups in total. The topological polar surface area (TPSA) is 36.9 Å². The van der Waals surface area contributed by atoms with E-state index in [-0.39, 0.29) is 12.7 Å². The highest BCUT2D eigenvalue weighted by molar-refractivity contribution is 4.82. The Labute approximate surface area is 115 Å². The number of rotatable bonds is 4. The maximum absolute atomic E-state index is 14.1. The van der Waals surface area contributed by atoms with E-state index in [4.69, 9.17) is 14.2 Å². The summed E-state index contributed by atoms with van der Waals surface area (Å²) in [7, 11) is 3.25. The second kappa shape index (κ2) is 9.64. The lowest BCUT2D eigenvalue weighted by Gasteiger charge is -2.30. The van der Waals surface area contributed by atoms with Gasteiger partial charge in [-0.25, -0.2) is 4.39 Å². The predicted octanol–water partition coefficient (Wildman–Crippen LogP) is 2.35. The first-order valence-electron chi connectivity index (χ1n) is 7.06. The van der Waals surface area contributed by atoms with Crippen molar-refractivity contribution in [2.75, 3.05) is 47.3 Å². The van der Waals surface area contributed by atoms with Crippen LogP contribution in [0.25, 0.3) is 0 Å². The standard InChI is InChI=1S/C12H21FO3.C2H6O/c13-12(4-2-1-3-5-12)10-15-9-11-8-14-6-7-16-11;1-3-2/h11H,1-10H2;1-2H3/t11-;/m0./s1. The van der Waals surface area contributed by atoms with Crippen molar-refractivity contribution in [3.63, 3.8) is 0 Å². The number of methoxy groups -OCH3 is 1. The maximum atomic E-state index is 14.1. The minimum absolute atomic E-state index is 0.0130. The molecule has 0 radical (unpaired) electrons.